The van der Waals surface area contributed by atoms with Crippen LogP contribution in [0.1, 0.15) is 45.1 Å². The molecule has 0 heterocycles. The number of halogens is 1. The molecule has 2 amide bonds. The van der Waals surface area contributed by atoms with Crippen LogP contribution >= 0.6 is 0 Å². The fourth-order valence-electron chi connectivity index (χ4n) is 3.43. The second-order valence-corrected chi connectivity index (χ2v) is 7.94. The van der Waals surface area contributed by atoms with E-state index in [0.717, 1.165) is 31.2 Å². The van der Waals surface area contributed by atoms with Gasteiger partial charge in [-0.05, 0) is 43.2 Å². The Balaban J connectivity index is 1.91. The summed E-state index contributed by atoms with van der Waals surface area (Å²) in [6, 6.07) is 12.9. The van der Waals surface area contributed by atoms with Gasteiger partial charge in [-0.2, -0.15) is 0 Å². The number of nitrogens with zero attached hydrogens (tertiary/aromatic N) is 1. The second-order valence-electron chi connectivity index (χ2n) is 7.94. The van der Waals surface area contributed by atoms with Crippen LogP contribution in [0.25, 0.3) is 0 Å². The van der Waals surface area contributed by atoms with Gasteiger partial charge in [0.25, 0.3) is 0 Å². The normalized spacial score (nSPS) is 11.6. The number of para-hydroxylation sites is 1. The molecule has 186 valence electrons. The molecule has 2 N–H and O–H groups in total. The number of carboxylic acids is 1. The smallest absolute Gasteiger partial charge is 0.333 e. The van der Waals surface area contributed by atoms with Crippen molar-refractivity contribution in [2.45, 2.75) is 52.1 Å². The van der Waals surface area contributed by atoms with Gasteiger partial charge in [0.2, 0.25) is 0 Å². The highest BCUT2D eigenvalue weighted by molar-refractivity contribution is 5.89. The van der Waals surface area contributed by atoms with Crippen LogP contribution in [0, 0.1) is 5.82 Å². The van der Waals surface area contributed by atoms with Crippen molar-refractivity contribution >= 4 is 17.7 Å². The summed E-state index contributed by atoms with van der Waals surface area (Å²) in [5, 5.41) is 11.9. The van der Waals surface area contributed by atoms with Gasteiger partial charge >= 0.3 is 12.0 Å². The molecule has 0 spiro atoms. The number of unbranched alkanes of at least 4 members (excludes halogenated alkanes) is 3. The molecule has 7 nitrogen and oxygen atoms in total. The SMILES string of the molecule is CCCCCCN(CCOc1ccc(CC(OCC)C(=O)O)cc1)C(=O)Nc1ccccc1F. The highest BCUT2D eigenvalue weighted by atomic mass is 19.1. The Kier molecular flexibility index (Phi) is 11.9. The first-order chi connectivity index (χ1) is 16.4. The fraction of sp³-hybridized carbons (Fsp3) is 0.462. The third-order valence-corrected chi connectivity index (χ3v) is 5.30. The maximum atomic E-state index is 13.9. The molecule has 0 saturated heterocycles. The summed E-state index contributed by atoms with van der Waals surface area (Å²) in [6.07, 6.45) is 3.45. The number of rotatable bonds is 15. The van der Waals surface area contributed by atoms with E-state index in [-0.39, 0.29) is 24.7 Å². The third kappa shape index (κ3) is 9.39. The van der Waals surface area contributed by atoms with Crippen molar-refractivity contribution < 1.29 is 28.6 Å². The number of carbonyl (C=O) groups excluding carboxylic acids is 1. The molecular weight excluding hydrogens is 439 g/mol. The predicted octanol–water partition coefficient (Wildman–Crippen LogP) is 5.35. The molecule has 0 aliphatic carbocycles. The Bertz CT molecular complexity index is 891. The summed E-state index contributed by atoms with van der Waals surface area (Å²) in [6.45, 7) is 5.39. The van der Waals surface area contributed by atoms with Gasteiger partial charge in [-0.15, -0.1) is 0 Å². The van der Waals surface area contributed by atoms with E-state index in [9.17, 15) is 19.1 Å². The second kappa shape index (κ2) is 14.9. The molecule has 0 bridgehead atoms. The van der Waals surface area contributed by atoms with Gasteiger partial charge < -0.3 is 24.8 Å². The average molecular weight is 475 g/mol. The largest absolute Gasteiger partial charge is 0.492 e. The first kappa shape index (κ1) is 27.1. The molecule has 0 saturated carbocycles. The van der Waals surface area contributed by atoms with Gasteiger partial charge in [0.05, 0.1) is 12.2 Å². The minimum atomic E-state index is -0.991. The lowest BCUT2D eigenvalue weighted by Crippen LogP contribution is -2.38. The van der Waals surface area contributed by atoms with Crippen molar-refractivity contribution in [1.82, 2.24) is 4.90 Å². The summed E-state index contributed by atoms with van der Waals surface area (Å²) in [4.78, 5) is 25.7. The molecule has 2 aromatic carbocycles. The number of ether oxygens (including phenoxy) is 2. The zero-order valence-electron chi connectivity index (χ0n) is 20.0. The number of hydrogen-bond acceptors (Lipinski definition) is 4. The van der Waals surface area contributed by atoms with Gasteiger partial charge in [0.15, 0.2) is 6.10 Å². The number of benzene rings is 2. The zero-order valence-corrected chi connectivity index (χ0v) is 20.0. The number of anilines is 1. The van der Waals surface area contributed by atoms with E-state index in [2.05, 4.69) is 12.2 Å². The molecular formula is C26H35FN2O5. The van der Waals surface area contributed by atoms with Crippen molar-refractivity contribution in [2.24, 2.45) is 0 Å². The van der Waals surface area contributed by atoms with E-state index >= 15 is 0 Å². The van der Waals surface area contributed by atoms with E-state index in [1.807, 2.05) is 0 Å². The van der Waals surface area contributed by atoms with Crippen LogP contribution in [-0.4, -0.2) is 54.4 Å². The minimum Gasteiger partial charge on any atom is -0.492 e. The van der Waals surface area contributed by atoms with Crippen molar-refractivity contribution in [1.29, 1.82) is 0 Å². The van der Waals surface area contributed by atoms with Gasteiger partial charge in [0.1, 0.15) is 18.2 Å². The number of carboxylic acid groups (broad SMARTS) is 1. The molecule has 2 aromatic rings. The number of carbonyl (C=O) groups is 2. The molecule has 0 radical (unpaired) electrons. The lowest BCUT2D eigenvalue weighted by molar-refractivity contribution is -0.149. The van der Waals surface area contributed by atoms with Crippen LogP contribution in [0.4, 0.5) is 14.9 Å². The molecule has 2 rings (SSSR count). The lowest BCUT2D eigenvalue weighted by Gasteiger charge is -2.23. The van der Waals surface area contributed by atoms with E-state index in [0.29, 0.717) is 25.4 Å². The maximum Gasteiger partial charge on any atom is 0.333 e. The van der Waals surface area contributed by atoms with E-state index < -0.39 is 17.9 Å². The number of urea groups is 1. The van der Waals surface area contributed by atoms with Crippen molar-refractivity contribution in [2.75, 3.05) is 31.6 Å². The topological polar surface area (TPSA) is 88.1 Å². The van der Waals surface area contributed by atoms with Crippen molar-refractivity contribution in [3.63, 3.8) is 0 Å². The summed E-state index contributed by atoms with van der Waals surface area (Å²) in [5.74, 6) is -0.852. The van der Waals surface area contributed by atoms with Gasteiger partial charge in [0, 0.05) is 19.6 Å². The summed E-state index contributed by atoms with van der Waals surface area (Å²) >= 11 is 0. The number of amides is 2. The van der Waals surface area contributed by atoms with Crippen LogP contribution < -0.4 is 10.1 Å². The molecule has 8 heteroatoms. The standard InChI is InChI=1S/C26H35FN2O5/c1-3-5-6-9-16-29(26(32)28-23-11-8-7-10-22(23)27)17-18-34-21-14-12-20(13-15-21)19-24(25(30)31)33-4-2/h7-8,10-15,24H,3-6,9,16-19H2,1-2H3,(H,28,32)(H,30,31). The van der Waals surface area contributed by atoms with Crippen molar-refractivity contribution in [3.05, 3.63) is 59.9 Å². The summed E-state index contributed by atoms with van der Waals surface area (Å²) < 4.78 is 25.0. The van der Waals surface area contributed by atoms with E-state index in [1.165, 1.54) is 12.1 Å². The highest BCUT2D eigenvalue weighted by Crippen LogP contribution is 2.16. The van der Waals surface area contributed by atoms with Crippen LogP contribution in [0.15, 0.2) is 48.5 Å². The first-order valence-corrected chi connectivity index (χ1v) is 11.8. The Labute approximate surface area is 200 Å². The third-order valence-electron chi connectivity index (χ3n) is 5.30. The van der Waals surface area contributed by atoms with Crippen LogP contribution in [0.2, 0.25) is 0 Å². The molecule has 0 fully saturated rings. The molecule has 0 aliphatic heterocycles. The maximum absolute atomic E-state index is 13.9. The molecule has 1 atom stereocenters. The average Bonchev–Trinajstić information content (AvgIpc) is 2.82. The number of hydrogen-bond donors (Lipinski definition) is 2. The summed E-state index contributed by atoms with van der Waals surface area (Å²) in [5.41, 5.74) is 0.976. The van der Waals surface area contributed by atoms with Gasteiger partial charge in [-0.1, -0.05) is 50.5 Å². The Morgan fingerprint density at radius 3 is 2.41 bits per heavy atom. The number of aliphatic carboxylic acids is 1. The van der Waals surface area contributed by atoms with Gasteiger partial charge in [-0.3, -0.25) is 0 Å². The lowest BCUT2D eigenvalue weighted by atomic mass is 10.1. The molecule has 0 aromatic heterocycles. The molecule has 0 aliphatic rings. The quantitative estimate of drug-likeness (QED) is 0.340. The van der Waals surface area contributed by atoms with E-state index in [1.54, 1.807) is 48.2 Å². The Hall–Kier alpha value is -3.13. The molecule has 34 heavy (non-hydrogen) atoms. The van der Waals surface area contributed by atoms with Gasteiger partial charge in [-0.25, -0.2) is 14.0 Å². The monoisotopic (exact) mass is 474 g/mol. The summed E-state index contributed by atoms with van der Waals surface area (Å²) in [7, 11) is 0. The Morgan fingerprint density at radius 2 is 1.76 bits per heavy atom. The molecule has 1 unspecified atom stereocenters. The van der Waals surface area contributed by atoms with E-state index in [4.69, 9.17) is 9.47 Å². The highest BCUT2D eigenvalue weighted by Gasteiger charge is 2.18. The Morgan fingerprint density at radius 1 is 1.03 bits per heavy atom. The fourth-order valence-corrected chi connectivity index (χ4v) is 3.43. The predicted molar refractivity (Wildman–Crippen MR) is 130 cm³/mol. The number of nitrogens with one attached hydrogen (secondary N) is 1. The minimum absolute atomic E-state index is 0.147. The zero-order chi connectivity index (χ0) is 24.8. The van der Waals surface area contributed by atoms with Crippen LogP contribution in [0.5, 0.6) is 5.75 Å². The van der Waals surface area contributed by atoms with Crippen molar-refractivity contribution in [3.8, 4) is 5.75 Å². The van der Waals surface area contributed by atoms with Crippen LogP contribution in [-0.2, 0) is 16.0 Å². The van der Waals surface area contributed by atoms with Crippen LogP contribution in [0.3, 0.4) is 0 Å². The first-order valence-electron chi connectivity index (χ1n) is 11.8.